The SMILES string of the molecule is Cn1nc(CC(=O)Nc2nc(-c3ccccc3Cl)cs2)c2ccccc2c1=O. The quantitative estimate of drug-likeness (QED) is 0.553. The average Bonchev–Trinajstić information content (AvgIpc) is 3.14. The minimum absolute atomic E-state index is 0.0373. The van der Waals surface area contributed by atoms with E-state index in [0.29, 0.717) is 32.3 Å². The van der Waals surface area contributed by atoms with Gasteiger partial charge in [0.25, 0.3) is 5.56 Å². The number of carbonyl (C=O) groups excluding carboxylic acids is 1. The summed E-state index contributed by atoms with van der Waals surface area (Å²) in [6.07, 6.45) is 0.0373. The molecule has 4 aromatic rings. The summed E-state index contributed by atoms with van der Waals surface area (Å²) >= 11 is 7.53. The maximum Gasteiger partial charge on any atom is 0.274 e. The van der Waals surface area contributed by atoms with Crippen LogP contribution in [0.3, 0.4) is 0 Å². The van der Waals surface area contributed by atoms with Gasteiger partial charge in [0.2, 0.25) is 5.91 Å². The van der Waals surface area contributed by atoms with Crippen LogP contribution >= 0.6 is 22.9 Å². The summed E-state index contributed by atoms with van der Waals surface area (Å²) < 4.78 is 1.25. The third-order valence-corrected chi connectivity index (χ3v) is 5.35. The summed E-state index contributed by atoms with van der Waals surface area (Å²) in [5.74, 6) is -0.253. The monoisotopic (exact) mass is 410 g/mol. The Bertz CT molecular complexity index is 1250. The summed E-state index contributed by atoms with van der Waals surface area (Å²) in [5.41, 5.74) is 1.87. The molecule has 4 rings (SSSR count). The molecule has 0 fully saturated rings. The van der Waals surface area contributed by atoms with E-state index in [2.05, 4.69) is 15.4 Å². The largest absolute Gasteiger partial charge is 0.302 e. The number of amides is 1. The lowest BCUT2D eigenvalue weighted by atomic mass is 10.1. The number of nitrogens with zero attached hydrogens (tertiary/aromatic N) is 3. The molecule has 0 aliphatic carbocycles. The van der Waals surface area contributed by atoms with Crippen molar-refractivity contribution < 1.29 is 4.79 Å². The molecule has 2 heterocycles. The van der Waals surface area contributed by atoms with E-state index < -0.39 is 0 Å². The van der Waals surface area contributed by atoms with Gasteiger partial charge in [0.15, 0.2) is 5.13 Å². The summed E-state index contributed by atoms with van der Waals surface area (Å²) in [6.45, 7) is 0. The zero-order chi connectivity index (χ0) is 19.7. The number of thiazole rings is 1. The van der Waals surface area contributed by atoms with Gasteiger partial charge in [-0.2, -0.15) is 5.10 Å². The molecule has 28 heavy (non-hydrogen) atoms. The number of hydrogen-bond donors (Lipinski definition) is 1. The zero-order valence-electron chi connectivity index (χ0n) is 14.8. The first-order chi connectivity index (χ1) is 13.5. The van der Waals surface area contributed by atoms with E-state index >= 15 is 0 Å². The van der Waals surface area contributed by atoms with Crippen molar-refractivity contribution in [3.05, 3.63) is 75.0 Å². The number of nitrogens with one attached hydrogen (secondary N) is 1. The molecule has 0 radical (unpaired) electrons. The Balaban J connectivity index is 1.56. The second-order valence-electron chi connectivity index (χ2n) is 6.16. The van der Waals surface area contributed by atoms with E-state index in [9.17, 15) is 9.59 Å². The lowest BCUT2D eigenvalue weighted by Crippen LogP contribution is -2.24. The van der Waals surface area contributed by atoms with Crippen molar-refractivity contribution in [3.63, 3.8) is 0 Å². The van der Waals surface area contributed by atoms with Crippen LogP contribution in [0.2, 0.25) is 5.02 Å². The molecule has 1 amide bonds. The summed E-state index contributed by atoms with van der Waals surface area (Å²) in [5, 5.41) is 11.2. The van der Waals surface area contributed by atoms with Crippen molar-refractivity contribution in [1.82, 2.24) is 14.8 Å². The van der Waals surface area contributed by atoms with Crippen LogP contribution in [0.5, 0.6) is 0 Å². The maximum absolute atomic E-state index is 12.5. The van der Waals surface area contributed by atoms with Gasteiger partial charge in [-0.05, 0) is 12.1 Å². The first kappa shape index (κ1) is 18.3. The predicted molar refractivity (Wildman–Crippen MR) is 112 cm³/mol. The minimum Gasteiger partial charge on any atom is -0.302 e. The third kappa shape index (κ3) is 3.54. The number of aryl methyl sites for hydroxylation is 1. The van der Waals surface area contributed by atoms with Crippen LogP contribution in [-0.4, -0.2) is 20.7 Å². The van der Waals surface area contributed by atoms with Crippen molar-refractivity contribution in [2.45, 2.75) is 6.42 Å². The highest BCUT2D eigenvalue weighted by atomic mass is 35.5. The van der Waals surface area contributed by atoms with Crippen LogP contribution in [0.15, 0.2) is 58.7 Å². The van der Waals surface area contributed by atoms with Crippen LogP contribution < -0.4 is 10.9 Å². The number of aromatic nitrogens is 3. The molecular weight excluding hydrogens is 396 g/mol. The smallest absolute Gasteiger partial charge is 0.274 e. The molecule has 140 valence electrons. The zero-order valence-corrected chi connectivity index (χ0v) is 16.4. The summed E-state index contributed by atoms with van der Waals surface area (Å²) in [4.78, 5) is 29.2. The molecule has 2 aromatic carbocycles. The topological polar surface area (TPSA) is 76.9 Å². The van der Waals surface area contributed by atoms with Gasteiger partial charge in [0.1, 0.15) is 0 Å². The lowest BCUT2D eigenvalue weighted by Gasteiger charge is -2.07. The van der Waals surface area contributed by atoms with Crippen LogP contribution in [0.4, 0.5) is 5.13 Å². The molecule has 0 spiro atoms. The first-order valence-electron chi connectivity index (χ1n) is 8.48. The van der Waals surface area contributed by atoms with Crippen molar-refractivity contribution in [2.75, 3.05) is 5.32 Å². The van der Waals surface area contributed by atoms with Crippen LogP contribution in [0.25, 0.3) is 22.0 Å². The van der Waals surface area contributed by atoms with E-state index in [0.717, 1.165) is 5.56 Å². The maximum atomic E-state index is 12.5. The number of halogens is 1. The first-order valence-corrected chi connectivity index (χ1v) is 9.74. The molecule has 0 bridgehead atoms. The molecule has 1 N–H and O–H groups in total. The highest BCUT2D eigenvalue weighted by Crippen LogP contribution is 2.30. The average molecular weight is 411 g/mol. The van der Waals surface area contributed by atoms with E-state index in [1.54, 1.807) is 31.3 Å². The molecule has 0 unspecified atom stereocenters. The van der Waals surface area contributed by atoms with Gasteiger partial charge in [-0.15, -0.1) is 11.3 Å². The number of fused-ring (bicyclic) bond motifs is 1. The van der Waals surface area contributed by atoms with E-state index in [1.165, 1.54) is 16.0 Å². The fourth-order valence-electron chi connectivity index (χ4n) is 2.95. The van der Waals surface area contributed by atoms with Crippen molar-refractivity contribution in [1.29, 1.82) is 0 Å². The molecular formula is C20H15ClN4O2S. The van der Waals surface area contributed by atoms with Gasteiger partial charge in [-0.25, -0.2) is 9.67 Å². The predicted octanol–water partition coefficient (Wildman–Crippen LogP) is 3.89. The Hall–Kier alpha value is -3.03. The highest BCUT2D eigenvalue weighted by molar-refractivity contribution is 7.14. The standard InChI is InChI=1S/C20H15ClN4O2S/c1-25-19(27)13-7-3-2-6-12(13)16(24-25)10-18(26)23-20-22-17(11-28-20)14-8-4-5-9-15(14)21/h2-9,11H,10H2,1H3,(H,22,23,26). The van der Waals surface area contributed by atoms with E-state index in [4.69, 9.17) is 11.6 Å². The van der Waals surface area contributed by atoms with Crippen LogP contribution in [0.1, 0.15) is 5.69 Å². The summed E-state index contributed by atoms with van der Waals surface area (Å²) in [7, 11) is 1.58. The molecule has 6 nitrogen and oxygen atoms in total. The molecule has 8 heteroatoms. The van der Waals surface area contributed by atoms with Crippen molar-refractivity contribution in [2.24, 2.45) is 7.05 Å². The molecule has 0 aliphatic heterocycles. The molecule has 0 aliphatic rings. The van der Waals surface area contributed by atoms with Crippen molar-refractivity contribution in [3.8, 4) is 11.3 Å². The van der Waals surface area contributed by atoms with Gasteiger partial charge < -0.3 is 5.32 Å². The highest BCUT2D eigenvalue weighted by Gasteiger charge is 2.14. The fourth-order valence-corrected chi connectivity index (χ4v) is 3.91. The summed E-state index contributed by atoms with van der Waals surface area (Å²) in [6, 6.07) is 14.6. The molecule has 0 atom stereocenters. The second kappa shape index (κ2) is 7.53. The van der Waals surface area contributed by atoms with Gasteiger partial charge in [0, 0.05) is 28.4 Å². The van der Waals surface area contributed by atoms with Gasteiger partial charge >= 0.3 is 0 Å². The van der Waals surface area contributed by atoms with Gasteiger partial charge in [-0.1, -0.05) is 48.0 Å². The van der Waals surface area contributed by atoms with E-state index in [1.807, 2.05) is 29.6 Å². The Morgan fingerprint density at radius 2 is 1.86 bits per heavy atom. The lowest BCUT2D eigenvalue weighted by molar-refractivity contribution is -0.115. The number of carbonyl (C=O) groups is 1. The Morgan fingerprint density at radius 1 is 1.14 bits per heavy atom. The van der Waals surface area contributed by atoms with Gasteiger partial charge in [-0.3, -0.25) is 9.59 Å². The number of benzene rings is 2. The van der Waals surface area contributed by atoms with Gasteiger partial charge in [0.05, 0.1) is 23.2 Å². The Labute approximate surface area is 169 Å². The van der Waals surface area contributed by atoms with E-state index in [-0.39, 0.29) is 17.9 Å². The number of anilines is 1. The molecule has 2 aromatic heterocycles. The third-order valence-electron chi connectivity index (χ3n) is 4.26. The Morgan fingerprint density at radius 3 is 2.64 bits per heavy atom. The minimum atomic E-state index is -0.253. The normalized spacial score (nSPS) is 10.9. The number of rotatable bonds is 4. The molecule has 0 saturated carbocycles. The van der Waals surface area contributed by atoms with Crippen molar-refractivity contribution >= 4 is 44.7 Å². The fraction of sp³-hybridized carbons (Fsp3) is 0.100. The van der Waals surface area contributed by atoms with Crippen LogP contribution in [0, 0.1) is 0 Å². The van der Waals surface area contributed by atoms with Crippen LogP contribution in [-0.2, 0) is 18.3 Å². The molecule has 0 saturated heterocycles. The second-order valence-corrected chi connectivity index (χ2v) is 7.43. The Kier molecular flexibility index (Phi) is 4.93. The number of hydrogen-bond acceptors (Lipinski definition) is 5.